The van der Waals surface area contributed by atoms with Crippen LogP contribution in [0.1, 0.15) is 27.2 Å². The van der Waals surface area contributed by atoms with Gasteiger partial charge in [0.25, 0.3) is 5.91 Å². The summed E-state index contributed by atoms with van der Waals surface area (Å²) in [6.07, 6.45) is 3.07. The molecule has 1 N–H and O–H groups in total. The maximum Gasteiger partial charge on any atom is 0.275 e. The fraction of sp³-hybridized carbons (Fsp3) is 0.190. The smallest absolute Gasteiger partial charge is 0.275 e. The van der Waals surface area contributed by atoms with Gasteiger partial charge in [-0.25, -0.2) is 9.97 Å². The molecule has 0 fully saturated rings. The number of halogens is 1. The quantitative estimate of drug-likeness (QED) is 0.700. The monoisotopic (exact) mass is 380 g/mol. The van der Waals surface area contributed by atoms with Crippen LogP contribution >= 0.6 is 11.6 Å². The van der Waals surface area contributed by atoms with Crippen LogP contribution in [0.4, 0.5) is 11.5 Å². The van der Waals surface area contributed by atoms with E-state index in [0.29, 0.717) is 23.1 Å². The highest BCUT2D eigenvalue weighted by atomic mass is 35.5. The minimum absolute atomic E-state index is 0.239. The van der Waals surface area contributed by atoms with Crippen molar-refractivity contribution < 1.29 is 4.79 Å². The summed E-state index contributed by atoms with van der Waals surface area (Å²) in [5.74, 6) is 0.355. The van der Waals surface area contributed by atoms with Gasteiger partial charge in [0, 0.05) is 13.6 Å². The summed E-state index contributed by atoms with van der Waals surface area (Å²) < 4.78 is 0. The van der Waals surface area contributed by atoms with Gasteiger partial charge in [-0.1, -0.05) is 48.0 Å². The fourth-order valence-corrected chi connectivity index (χ4v) is 3.19. The average Bonchev–Trinajstić information content (AvgIpc) is 2.65. The Morgan fingerprint density at radius 2 is 1.85 bits per heavy atom. The van der Waals surface area contributed by atoms with E-state index < -0.39 is 0 Å². The van der Waals surface area contributed by atoms with Crippen molar-refractivity contribution in [3.05, 3.63) is 82.3 Å². The molecule has 0 aliphatic rings. The maximum absolute atomic E-state index is 12.5. The summed E-state index contributed by atoms with van der Waals surface area (Å²) in [4.78, 5) is 23.1. The first kappa shape index (κ1) is 18.9. The number of rotatable bonds is 5. The second-order valence-electron chi connectivity index (χ2n) is 6.49. The summed E-state index contributed by atoms with van der Waals surface area (Å²) in [5, 5.41) is 3.33. The third-order valence-corrected chi connectivity index (χ3v) is 4.49. The third kappa shape index (κ3) is 4.63. The van der Waals surface area contributed by atoms with Crippen molar-refractivity contribution in [2.75, 3.05) is 17.3 Å². The number of aryl methyl sites for hydroxylation is 2. The molecule has 0 aliphatic heterocycles. The SMILES string of the molecule is Cc1cc(C)c(NC(=O)c2cnc(N(C)Cc3ccccc3)cn2)c(Cl)c1. The van der Waals surface area contributed by atoms with E-state index >= 15 is 0 Å². The number of hydrogen-bond acceptors (Lipinski definition) is 4. The van der Waals surface area contributed by atoms with Gasteiger partial charge in [0.05, 0.1) is 23.1 Å². The van der Waals surface area contributed by atoms with Crippen LogP contribution < -0.4 is 10.2 Å². The number of anilines is 2. The molecule has 0 atom stereocenters. The Morgan fingerprint density at radius 3 is 2.48 bits per heavy atom. The Bertz CT molecular complexity index is 919. The van der Waals surface area contributed by atoms with Gasteiger partial charge in [-0.3, -0.25) is 4.79 Å². The van der Waals surface area contributed by atoms with Gasteiger partial charge in [0.1, 0.15) is 11.5 Å². The van der Waals surface area contributed by atoms with E-state index in [4.69, 9.17) is 11.6 Å². The molecule has 0 unspecified atom stereocenters. The molecule has 0 saturated heterocycles. The second-order valence-corrected chi connectivity index (χ2v) is 6.90. The van der Waals surface area contributed by atoms with Crippen molar-refractivity contribution >= 4 is 29.0 Å². The van der Waals surface area contributed by atoms with E-state index in [-0.39, 0.29) is 11.6 Å². The largest absolute Gasteiger partial charge is 0.354 e. The van der Waals surface area contributed by atoms with Crippen LogP contribution in [0.25, 0.3) is 0 Å². The molecule has 138 valence electrons. The Hall–Kier alpha value is -2.92. The van der Waals surface area contributed by atoms with Gasteiger partial charge in [0.2, 0.25) is 0 Å². The number of amides is 1. The number of carbonyl (C=O) groups is 1. The van der Waals surface area contributed by atoms with E-state index in [1.807, 2.05) is 56.1 Å². The first-order valence-corrected chi connectivity index (χ1v) is 8.97. The Morgan fingerprint density at radius 1 is 1.11 bits per heavy atom. The summed E-state index contributed by atoms with van der Waals surface area (Å²) >= 11 is 6.25. The van der Waals surface area contributed by atoms with Crippen LogP contribution in [0.3, 0.4) is 0 Å². The molecule has 1 amide bonds. The predicted molar refractivity (Wildman–Crippen MR) is 109 cm³/mol. The van der Waals surface area contributed by atoms with Gasteiger partial charge in [-0.05, 0) is 36.6 Å². The van der Waals surface area contributed by atoms with Crippen LogP contribution in [0, 0.1) is 13.8 Å². The molecule has 0 spiro atoms. The lowest BCUT2D eigenvalue weighted by atomic mass is 10.1. The molecular formula is C21H21ClN4O. The molecule has 27 heavy (non-hydrogen) atoms. The highest BCUT2D eigenvalue weighted by Gasteiger charge is 2.14. The van der Waals surface area contributed by atoms with Crippen molar-refractivity contribution in [2.45, 2.75) is 20.4 Å². The molecule has 3 rings (SSSR count). The molecule has 0 aliphatic carbocycles. The van der Waals surface area contributed by atoms with E-state index in [0.717, 1.165) is 11.1 Å². The molecule has 6 heteroatoms. The zero-order chi connectivity index (χ0) is 19.4. The van der Waals surface area contributed by atoms with E-state index in [2.05, 4.69) is 27.4 Å². The van der Waals surface area contributed by atoms with Gasteiger partial charge in [-0.15, -0.1) is 0 Å². The zero-order valence-corrected chi connectivity index (χ0v) is 16.3. The minimum atomic E-state index is -0.339. The fourth-order valence-electron chi connectivity index (χ4n) is 2.83. The topological polar surface area (TPSA) is 58.1 Å². The molecule has 2 aromatic carbocycles. The summed E-state index contributed by atoms with van der Waals surface area (Å²) in [5.41, 5.74) is 3.96. The molecular weight excluding hydrogens is 360 g/mol. The lowest BCUT2D eigenvalue weighted by Gasteiger charge is -2.18. The predicted octanol–water partition coefficient (Wildman–Crippen LogP) is 4.64. The first-order valence-electron chi connectivity index (χ1n) is 8.59. The second kappa shape index (κ2) is 8.18. The van der Waals surface area contributed by atoms with Gasteiger partial charge < -0.3 is 10.2 Å². The first-order chi connectivity index (χ1) is 12.9. The number of nitrogens with one attached hydrogen (secondary N) is 1. The van der Waals surface area contributed by atoms with Crippen molar-refractivity contribution in [2.24, 2.45) is 0 Å². The van der Waals surface area contributed by atoms with Gasteiger partial charge in [-0.2, -0.15) is 0 Å². The standard InChI is InChI=1S/C21H21ClN4O/c1-14-9-15(2)20(17(22)10-14)25-21(27)18-11-24-19(12-23-18)26(3)13-16-7-5-4-6-8-16/h4-12H,13H2,1-3H3,(H,25,27). The molecule has 0 saturated carbocycles. The van der Waals surface area contributed by atoms with Gasteiger partial charge in [0.15, 0.2) is 0 Å². The Kier molecular flexibility index (Phi) is 5.72. The number of aromatic nitrogens is 2. The van der Waals surface area contributed by atoms with Gasteiger partial charge >= 0.3 is 0 Å². The lowest BCUT2D eigenvalue weighted by Crippen LogP contribution is -2.20. The van der Waals surface area contributed by atoms with Crippen LogP contribution in [0.2, 0.25) is 5.02 Å². The van der Waals surface area contributed by atoms with Crippen LogP contribution in [0.15, 0.2) is 54.9 Å². The molecule has 3 aromatic rings. The van der Waals surface area contributed by atoms with E-state index in [9.17, 15) is 4.79 Å². The molecule has 1 heterocycles. The highest BCUT2D eigenvalue weighted by molar-refractivity contribution is 6.34. The van der Waals surface area contributed by atoms with E-state index in [1.165, 1.54) is 11.8 Å². The Labute approximate surface area is 164 Å². The number of nitrogens with zero attached hydrogens (tertiary/aromatic N) is 3. The van der Waals surface area contributed by atoms with Crippen molar-refractivity contribution in [1.29, 1.82) is 0 Å². The van der Waals surface area contributed by atoms with Crippen LogP contribution in [-0.2, 0) is 6.54 Å². The molecule has 0 bridgehead atoms. The molecule has 1 aromatic heterocycles. The van der Waals surface area contributed by atoms with Crippen LogP contribution in [0.5, 0.6) is 0 Å². The van der Waals surface area contributed by atoms with E-state index in [1.54, 1.807) is 6.20 Å². The minimum Gasteiger partial charge on any atom is -0.354 e. The van der Waals surface area contributed by atoms with Crippen molar-refractivity contribution in [1.82, 2.24) is 9.97 Å². The zero-order valence-electron chi connectivity index (χ0n) is 15.5. The summed E-state index contributed by atoms with van der Waals surface area (Å²) in [6.45, 7) is 4.57. The van der Waals surface area contributed by atoms with Crippen LogP contribution in [-0.4, -0.2) is 22.9 Å². The third-order valence-electron chi connectivity index (χ3n) is 4.19. The number of carbonyl (C=O) groups excluding carboxylic acids is 1. The Balaban J connectivity index is 1.70. The highest BCUT2D eigenvalue weighted by Crippen LogP contribution is 2.27. The lowest BCUT2D eigenvalue weighted by molar-refractivity contribution is 0.102. The van der Waals surface area contributed by atoms with Crippen molar-refractivity contribution in [3.63, 3.8) is 0 Å². The maximum atomic E-state index is 12.5. The summed E-state index contributed by atoms with van der Waals surface area (Å²) in [6, 6.07) is 13.9. The normalized spacial score (nSPS) is 10.5. The number of hydrogen-bond donors (Lipinski definition) is 1. The average molecular weight is 381 g/mol. The summed E-state index contributed by atoms with van der Waals surface area (Å²) in [7, 11) is 1.94. The van der Waals surface area contributed by atoms with Crippen molar-refractivity contribution in [3.8, 4) is 0 Å². The number of benzene rings is 2. The molecule has 0 radical (unpaired) electrons. The molecule has 5 nitrogen and oxygen atoms in total.